The van der Waals surface area contributed by atoms with Gasteiger partial charge in [-0.05, 0) is 36.4 Å². The summed E-state index contributed by atoms with van der Waals surface area (Å²) in [4.78, 5) is 11.8. The number of carbonyl (C=O) groups excluding carboxylic acids is 1. The molecular weight excluding hydrogens is 379 g/mol. The number of primary amides is 1. The van der Waals surface area contributed by atoms with Crippen molar-refractivity contribution in [3.8, 4) is 6.07 Å². The zero-order valence-electron chi connectivity index (χ0n) is 14.0. The summed E-state index contributed by atoms with van der Waals surface area (Å²) in [6.45, 7) is 0. The Morgan fingerprint density at radius 3 is 2.67 bits per heavy atom. The molecule has 1 aromatic carbocycles. The van der Waals surface area contributed by atoms with Crippen molar-refractivity contribution in [2.75, 3.05) is 16.8 Å². The van der Waals surface area contributed by atoms with Crippen LogP contribution in [0.2, 0.25) is 0 Å². The number of carbonyl (C=O) groups is 1. The Kier molecular flexibility index (Phi) is 5.32. The van der Waals surface area contributed by atoms with E-state index in [4.69, 9.17) is 5.73 Å². The third-order valence-electron chi connectivity index (χ3n) is 4.30. The number of nitriles is 1. The maximum Gasteiger partial charge on any atom is 0.416 e. The van der Waals surface area contributed by atoms with E-state index in [9.17, 15) is 23.2 Å². The van der Waals surface area contributed by atoms with Gasteiger partial charge in [-0.1, -0.05) is 0 Å². The Balaban J connectivity index is 1.88. The summed E-state index contributed by atoms with van der Waals surface area (Å²) in [5.41, 5.74) is 5.09. The Labute approximate surface area is 157 Å². The number of halogens is 3. The van der Waals surface area contributed by atoms with Gasteiger partial charge in [-0.3, -0.25) is 9.48 Å². The number of rotatable bonds is 4. The first-order valence-electron chi connectivity index (χ1n) is 8.10. The number of benzene rings is 1. The molecule has 2 aromatic rings. The van der Waals surface area contributed by atoms with Crippen LogP contribution in [0, 0.1) is 17.2 Å². The van der Waals surface area contributed by atoms with Crippen LogP contribution in [0.5, 0.6) is 0 Å². The predicted octanol–water partition coefficient (Wildman–Crippen LogP) is 3.56. The lowest BCUT2D eigenvalue weighted by atomic mass is 10.0. The van der Waals surface area contributed by atoms with Gasteiger partial charge in [0.25, 0.3) is 5.91 Å². The molecule has 3 N–H and O–H groups in total. The fourth-order valence-corrected chi connectivity index (χ4v) is 4.01. The molecule has 0 aliphatic carbocycles. The van der Waals surface area contributed by atoms with Crippen LogP contribution < -0.4 is 11.1 Å². The first-order chi connectivity index (χ1) is 12.8. The number of nitrogens with zero attached hydrogens (tertiary/aromatic N) is 3. The van der Waals surface area contributed by atoms with Crippen molar-refractivity contribution >= 4 is 29.2 Å². The Bertz CT molecular complexity index is 872. The molecular formula is C17H16F3N5OS. The number of thioether (sulfide) groups is 1. The van der Waals surface area contributed by atoms with Crippen LogP contribution in [0.4, 0.5) is 24.7 Å². The molecule has 142 valence electrons. The van der Waals surface area contributed by atoms with Gasteiger partial charge in [0.2, 0.25) is 0 Å². The van der Waals surface area contributed by atoms with E-state index in [0.717, 1.165) is 24.3 Å². The van der Waals surface area contributed by atoms with Crippen LogP contribution in [0.25, 0.3) is 0 Å². The molecule has 2 atom stereocenters. The van der Waals surface area contributed by atoms with E-state index >= 15 is 0 Å². The third kappa shape index (κ3) is 4.19. The highest BCUT2D eigenvalue weighted by Crippen LogP contribution is 2.34. The molecule has 27 heavy (non-hydrogen) atoms. The van der Waals surface area contributed by atoms with Crippen LogP contribution in [0.15, 0.2) is 30.5 Å². The van der Waals surface area contributed by atoms with E-state index in [0.29, 0.717) is 11.4 Å². The first kappa shape index (κ1) is 19.1. The highest BCUT2D eigenvalue weighted by Gasteiger charge is 2.31. The Morgan fingerprint density at radius 2 is 2.07 bits per heavy atom. The van der Waals surface area contributed by atoms with Crippen molar-refractivity contribution in [1.82, 2.24) is 9.78 Å². The molecule has 0 radical (unpaired) electrons. The number of aromatic nitrogens is 2. The molecule has 1 aliphatic heterocycles. The van der Waals surface area contributed by atoms with E-state index in [1.807, 2.05) is 0 Å². The van der Waals surface area contributed by atoms with Crippen LogP contribution in [0.3, 0.4) is 0 Å². The summed E-state index contributed by atoms with van der Waals surface area (Å²) in [6.07, 6.45) is -2.22. The average molecular weight is 395 g/mol. The van der Waals surface area contributed by atoms with Crippen molar-refractivity contribution in [3.05, 3.63) is 41.6 Å². The van der Waals surface area contributed by atoms with Gasteiger partial charge in [-0.25, -0.2) is 0 Å². The summed E-state index contributed by atoms with van der Waals surface area (Å²) in [5.74, 6) is 0.736. The number of anilines is 2. The summed E-state index contributed by atoms with van der Waals surface area (Å²) in [7, 11) is 0. The molecule has 1 aromatic heterocycles. The zero-order chi connectivity index (χ0) is 19.6. The zero-order valence-corrected chi connectivity index (χ0v) is 14.8. The monoisotopic (exact) mass is 395 g/mol. The number of hydrogen-bond acceptors (Lipinski definition) is 5. The molecule has 1 saturated heterocycles. The molecule has 2 heterocycles. The molecule has 1 unspecified atom stereocenters. The summed E-state index contributed by atoms with van der Waals surface area (Å²) in [6, 6.07) is 6.45. The smallest absolute Gasteiger partial charge is 0.365 e. The first-order valence-corrected chi connectivity index (χ1v) is 9.25. The van der Waals surface area contributed by atoms with Gasteiger partial charge in [-0.15, -0.1) is 0 Å². The number of hydrogen-bond donors (Lipinski definition) is 2. The van der Waals surface area contributed by atoms with E-state index in [2.05, 4.69) is 16.5 Å². The van der Waals surface area contributed by atoms with E-state index in [1.165, 1.54) is 18.3 Å². The number of nitrogens with two attached hydrogens (primary N) is 1. The lowest BCUT2D eigenvalue weighted by Gasteiger charge is -2.26. The molecule has 0 spiro atoms. The molecule has 1 aliphatic rings. The number of nitrogens with one attached hydrogen (secondary N) is 1. The summed E-state index contributed by atoms with van der Waals surface area (Å²) >= 11 is 1.69. The van der Waals surface area contributed by atoms with Gasteiger partial charge in [-0.2, -0.15) is 35.3 Å². The molecule has 1 fully saturated rings. The normalized spacial score (nSPS) is 20.1. The quantitative estimate of drug-likeness (QED) is 0.825. The largest absolute Gasteiger partial charge is 0.416 e. The highest BCUT2D eigenvalue weighted by atomic mass is 32.2. The van der Waals surface area contributed by atoms with Gasteiger partial charge in [0.15, 0.2) is 5.82 Å². The topological polar surface area (TPSA) is 96.7 Å². The molecule has 0 bridgehead atoms. The van der Waals surface area contributed by atoms with Crippen molar-refractivity contribution in [3.63, 3.8) is 0 Å². The average Bonchev–Trinajstić information content (AvgIpc) is 3.05. The molecule has 6 nitrogen and oxygen atoms in total. The van der Waals surface area contributed by atoms with E-state index < -0.39 is 17.6 Å². The second-order valence-electron chi connectivity index (χ2n) is 6.10. The second-order valence-corrected chi connectivity index (χ2v) is 7.25. The van der Waals surface area contributed by atoms with Gasteiger partial charge in [0.05, 0.1) is 23.6 Å². The second kappa shape index (κ2) is 7.52. The fourth-order valence-electron chi connectivity index (χ4n) is 2.88. The number of amides is 1. The van der Waals surface area contributed by atoms with E-state index in [1.54, 1.807) is 16.4 Å². The minimum atomic E-state index is -4.43. The van der Waals surface area contributed by atoms with Crippen molar-refractivity contribution in [1.29, 1.82) is 5.26 Å². The van der Waals surface area contributed by atoms with Gasteiger partial charge >= 0.3 is 6.18 Å². The van der Waals surface area contributed by atoms with Crippen LogP contribution in [0.1, 0.15) is 28.4 Å². The molecule has 3 rings (SSSR count). The van der Waals surface area contributed by atoms with E-state index in [-0.39, 0.29) is 23.3 Å². The lowest BCUT2D eigenvalue weighted by molar-refractivity contribution is -0.137. The maximum absolute atomic E-state index is 12.7. The minimum absolute atomic E-state index is 0.116. The van der Waals surface area contributed by atoms with Gasteiger partial charge < -0.3 is 11.1 Å². The van der Waals surface area contributed by atoms with Crippen LogP contribution >= 0.6 is 11.8 Å². The summed E-state index contributed by atoms with van der Waals surface area (Å²) in [5, 5.41) is 16.5. The molecule has 0 saturated carbocycles. The van der Waals surface area contributed by atoms with Crippen molar-refractivity contribution < 1.29 is 18.0 Å². The predicted molar refractivity (Wildman–Crippen MR) is 95.6 cm³/mol. The Hall–Kier alpha value is -2.67. The third-order valence-corrected chi connectivity index (χ3v) is 5.42. The van der Waals surface area contributed by atoms with Gasteiger partial charge in [0, 0.05) is 17.6 Å². The van der Waals surface area contributed by atoms with Crippen molar-refractivity contribution in [2.24, 2.45) is 11.7 Å². The molecule has 1 amide bonds. The Morgan fingerprint density at radius 1 is 1.37 bits per heavy atom. The highest BCUT2D eigenvalue weighted by molar-refractivity contribution is 7.99. The molecule has 10 heteroatoms. The number of alkyl halides is 3. The standard InChI is InChI=1S/C17H16F3N5OS/c18-17(19,20)11-1-3-12(4-2-11)23-16-13(15(22)26)8-25(24-16)14-5-6-27-9-10(14)7-21/h1-4,8,10,14H,5-6,9H2,(H2,22,26)(H,23,24)/t10-,14?/m1/s1. The SMILES string of the molecule is N#C[C@@H]1CSCCC1n1cc(C(N)=O)c(Nc2ccc(C(F)(F)F)cc2)n1. The van der Waals surface area contributed by atoms with Crippen molar-refractivity contribution in [2.45, 2.75) is 18.6 Å². The van der Waals surface area contributed by atoms with Crippen LogP contribution in [-0.2, 0) is 6.18 Å². The fraction of sp³-hybridized carbons (Fsp3) is 0.353. The lowest BCUT2D eigenvalue weighted by Crippen LogP contribution is -2.25. The minimum Gasteiger partial charge on any atom is -0.365 e. The van der Waals surface area contributed by atoms with Crippen LogP contribution in [-0.4, -0.2) is 27.2 Å². The van der Waals surface area contributed by atoms with Gasteiger partial charge in [0.1, 0.15) is 5.56 Å². The summed E-state index contributed by atoms with van der Waals surface area (Å²) < 4.78 is 39.6. The maximum atomic E-state index is 12.7.